The summed E-state index contributed by atoms with van der Waals surface area (Å²) in [7, 11) is 0. The summed E-state index contributed by atoms with van der Waals surface area (Å²) in [5.74, 6) is -0.698. The maximum absolute atomic E-state index is 12.4. The zero-order valence-corrected chi connectivity index (χ0v) is 14.1. The molecule has 4 heteroatoms. The van der Waals surface area contributed by atoms with Gasteiger partial charge in [0.1, 0.15) is 0 Å². The topological polar surface area (TPSA) is 37.4 Å². The molecule has 0 saturated heterocycles. The van der Waals surface area contributed by atoms with Crippen LogP contribution in [0.4, 0.5) is 5.69 Å². The van der Waals surface area contributed by atoms with Crippen molar-refractivity contribution in [1.82, 2.24) is 0 Å². The van der Waals surface area contributed by atoms with E-state index in [-0.39, 0.29) is 17.1 Å². The Kier molecular flexibility index (Phi) is 3.68. The number of carbonyl (C=O) groups is 2. The monoisotopic (exact) mass is 349 g/mol. The number of anilines is 1. The predicted molar refractivity (Wildman–Crippen MR) is 87.3 cm³/mol. The number of alkyl halides is 1. The fraction of sp³-hybridized carbons (Fsp3) is 0.529. The van der Waals surface area contributed by atoms with Gasteiger partial charge < -0.3 is 4.90 Å². The van der Waals surface area contributed by atoms with Crippen LogP contribution in [-0.2, 0) is 4.79 Å². The molecule has 1 aliphatic heterocycles. The second kappa shape index (κ2) is 5.24. The van der Waals surface area contributed by atoms with Gasteiger partial charge in [-0.3, -0.25) is 9.59 Å². The molecule has 112 valence electrons. The molecule has 0 radical (unpaired) electrons. The van der Waals surface area contributed by atoms with Crippen LogP contribution in [0.5, 0.6) is 0 Å². The molecule has 1 amide bonds. The summed E-state index contributed by atoms with van der Waals surface area (Å²) in [5, 5.41) is 0.887. The molecule has 21 heavy (non-hydrogen) atoms. The van der Waals surface area contributed by atoms with Crippen molar-refractivity contribution < 1.29 is 9.59 Å². The molecule has 0 atom stereocenters. The van der Waals surface area contributed by atoms with E-state index in [1.165, 1.54) is 12.8 Å². The molecular weight excluding hydrogens is 330 g/mol. The van der Waals surface area contributed by atoms with Gasteiger partial charge in [-0.15, -0.1) is 0 Å². The Morgan fingerprint density at radius 2 is 1.86 bits per heavy atom. The molecule has 1 aromatic carbocycles. The van der Waals surface area contributed by atoms with E-state index in [1.54, 1.807) is 4.90 Å². The van der Waals surface area contributed by atoms with Crippen LogP contribution in [0.1, 0.15) is 47.2 Å². The minimum absolute atomic E-state index is 0.120. The molecule has 0 spiro atoms. The van der Waals surface area contributed by atoms with Gasteiger partial charge >= 0.3 is 0 Å². The first-order valence-corrected chi connectivity index (χ1v) is 8.63. The zero-order chi connectivity index (χ0) is 15.2. The first-order valence-electron chi connectivity index (χ1n) is 7.51. The van der Waals surface area contributed by atoms with Crippen LogP contribution in [0.3, 0.4) is 0 Å². The molecule has 1 aliphatic carbocycles. The van der Waals surface area contributed by atoms with Crippen LogP contribution in [-0.4, -0.2) is 23.6 Å². The number of fused-ring (bicyclic) bond motifs is 1. The maximum atomic E-state index is 12.4. The Morgan fingerprint density at radius 3 is 2.48 bits per heavy atom. The number of amides is 1. The number of halogens is 1. The number of hydrogen-bond acceptors (Lipinski definition) is 2. The van der Waals surface area contributed by atoms with E-state index in [9.17, 15) is 9.59 Å². The lowest BCUT2D eigenvalue weighted by molar-refractivity contribution is -0.114. The highest BCUT2D eigenvalue weighted by molar-refractivity contribution is 9.09. The van der Waals surface area contributed by atoms with Gasteiger partial charge in [-0.05, 0) is 49.3 Å². The smallest absolute Gasteiger partial charge is 0.299 e. The van der Waals surface area contributed by atoms with E-state index in [2.05, 4.69) is 15.9 Å². The van der Waals surface area contributed by atoms with Crippen molar-refractivity contribution in [3.05, 3.63) is 28.8 Å². The first kappa shape index (κ1) is 14.8. The summed E-state index contributed by atoms with van der Waals surface area (Å²) in [6.45, 7) is 4.57. The third kappa shape index (κ3) is 2.33. The van der Waals surface area contributed by atoms with E-state index < -0.39 is 0 Å². The summed E-state index contributed by atoms with van der Waals surface area (Å²) < 4.78 is 0. The Balaban J connectivity index is 2.01. The molecule has 0 N–H and O–H groups in total. The van der Waals surface area contributed by atoms with E-state index in [4.69, 9.17) is 0 Å². The standard InChI is InChI=1S/C17H20BrNO2/c1-11-7-12(2)14-13(8-11)19(16(21)15(14)20)10-17(9-18)5-3-4-6-17/h7-8H,3-6,9-10H2,1-2H3. The van der Waals surface area contributed by atoms with Gasteiger partial charge in [0.15, 0.2) is 0 Å². The van der Waals surface area contributed by atoms with Crippen molar-refractivity contribution in [2.45, 2.75) is 39.5 Å². The summed E-state index contributed by atoms with van der Waals surface area (Å²) >= 11 is 3.62. The van der Waals surface area contributed by atoms with E-state index in [0.29, 0.717) is 12.1 Å². The molecule has 0 bridgehead atoms. The average molecular weight is 350 g/mol. The van der Waals surface area contributed by atoms with Gasteiger partial charge in [-0.1, -0.05) is 34.8 Å². The fourth-order valence-corrected chi connectivity index (χ4v) is 4.48. The lowest BCUT2D eigenvalue weighted by atomic mass is 9.88. The number of rotatable bonds is 3. The molecule has 3 rings (SSSR count). The summed E-state index contributed by atoms with van der Waals surface area (Å²) in [6, 6.07) is 3.95. The summed E-state index contributed by atoms with van der Waals surface area (Å²) in [5.41, 5.74) is 3.54. The second-order valence-corrected chi connectivity index (χ2v) is 7.10. The molecule has 0 unspecified atom stereocenters. The predicted octanol–water partition coefficient (Wildman–Crippen LogP) is 3.79. The largest absolute Gasteiger partial charge is 0.304 e. The lowest BCUT2D eigenvalue weighted by Crippen LogP contribution is -2.40. The van der Waals surface area contributed by atoms with Crippen molar-refractivity contribution in [1.29, 1.82) is 0 Å². The van der Waals surface area contributed by atoms with Crippen LogP contribution in [0, 0.1) is 19.3 Å². The van der Waals surface area contributed by atoms with Crippen LogP contribution in [0.2, 0.25) is 0 Å². The van der Waals surface area contributed by atoms with Gasteiger partial charge in [0.25, 0.3) is 11.7 Å². The number of benzene rings is 1. The second-order valence-electron chi connectivity index (χ2n) is 6.54. The third-order valence-corrected chi connectivity index (χ3v) is 6.05. The molecule has 1 fully saturated rings. The van der Waals surface area contributed by atoms with Gasteiger partial charge in [-0.2, -0.15) is 0 Å². The van der Waals surface area contributed by atoms with Crippen LogP contribution in [0.25, 0.3) is 0 Å². The minimum Gasteiger partial charge on any atom is -0.304 e. The van der Waals surface area contributed by atoms with E-state index in [0.717, 1.165) is 35.0 Å². The zero-order valence-electron chi connectivity index (χ0n) is 12.5. The lowest BCUT2D eigenvalue weighted by Gasteiger charge is -2.32. The van der Waals surface area contributed by atoms with Crippen LogP contribution >= 0.6 is 15.9 Å². The van der Waals surface area contributed by atoms with Gasteiger partial charge in [-0.25, -0.2) is 0 Å². The number of Topliss-reactive ketones (excluding diaryl/α,β-unsaturated/α-hetero) is 1. The van der Waals surface area contributed by atoms with Gasteiger partial charge in [0, 0.05) is 11.9 Å². The highest BCUT2D eigenvalue weighted by atomic mass is 79.9. The van der Waals surface area contributed by atoms with Crippen molar-refractivity contribution in [2.75, 3.05) is 16.8 Å². The highest BCUT2D eigenvalue weighted by Gasteiger charge is 2.43. The van der Waals surface area contributed by atoms with Crippen LogP contribution in [0.15, 0.2) is 12.1 Å². The summed E-state index contributed by atoms with van der Waals surface area (Å²) in [4.78, 5) is 26.5. The molecule has 1 saturated carbocycles. The van der Waals surface area contributed by atoms with E-state index in [1.807, 2.05) is 26.0 Å². The number of aryl methyl sites for hydroxylation is 2. The van der Waals surface area contributed by atoms with Gasteiger partial charge in [0.2, 0.25) is 0 Å². The van der Waals surface area contributed by atoms with E-state index >= 15 is 0 Å². The Bertz CT molecular complexity index is 617. The fourth-order valence-electron chi connectivity index (χ4n) is 3.74. The highest BCUT2D eigenvalue weighted by Crippen LogP contribution is 2.43. The Morgan fingerprint density at radius 1 is 1.19 bits per heavy atom. The van der Waals surface area contributed by atoms with Crippen molar-refractivity contribution in [3.63, 3.8) is 0 Å². The molecule has 0 aromatic heterocycles. The first-order chi connectivity index (χ1) is 9.97. The Hall–Kier alpha value is -1.16. The van der Waals surface area contributed by atoms with Crippen molar-refractivity contribution in [3.8, 4) is 0 Å². The number of nitrogens with zero attached hydrogens (tertiary/aromatic N) is 1. The van der Waals surface area contributed by atoms with Gasteiger partial charge in [0.05, 0.1) is 11.3 Å². The molecule has 3 nitrogen and oxygen atoms in total. The minimum atomic E-state index is -0.356. The summed E-state index contributed by atoms with van der Waals surface area (Å²) in [6.07, 6.45) is 4.66. The quantitative estimate of drug-likeness (QED) is 0.614. The molecular formula is C17H20BrNO2. The van der Waals surface area contributed by atoms with Crippen molar-refractivity contribution >= 4 is 33.3 Å². The number of ketones is 1. The Labute approximate surface area is 133 Å². The third-order valence-electron chi connectivity index (χ3n) is 4.86. The average Bonchev–Trinajstić information content (AvgIpc) is 2.99. The molecule has 1 heterocycles. The van der Waals surface area contributed by atoms with Crippen LogP contribution < -0.4 is 4.90 Å². The molecule has 1 aromatic rings. The maximum Gasteiger partial charge on any atom is 0.299 e. The molecule has 2 aliphatic rings. The SMILES string of the molecule is Cc1cc(C)c2c(c1)N(CC1(CBr)CCCC1)C(=O)C2=O. The number of hydrogen-bond donors (Lipinski definition) is 0. The normalized spacial score (nSPS) is 20.2. The van der Waals surface area contributed by atoms with Crippen molar-refractivity contribution in [2.24, 2.45) is 5.41 Å². The number of carbonyl (C=O) groups excluding carboxylic acids is 2.